The predicted molar refractivity (Wildman–Crippen MR) is 73.1 cm³/mol. The molecule has 2 N–H and O–H groups in total. The van der Waals surface area contributed by atoms with Crippen LogP contribution >= 0.6 is 0 Å². The minimum Gasteiger partial charge on any atom is -0.352 e. The van der Waals surface area contributed by atoms with Gasteiger partial charge in [0, 0.05) is 43.8 Å². The van der Waals surface area contributed by atoms with Crippen LogP contribution in [0, 0.1) is 0 Å². The number of pyridine rings is 2. The molecule has 0 unspecified atom stereocenters. The van der Waals surface area contributed by atoms with Crippen molar-refractivity contribution in [1.29, 1.82) is 0 Å². The zero-order valence-electron chi connectivity index (χ0n) is 10.6. The quantitative estimate of drug-likeness (QED) is 0.870. The Kier molecular flexibility index (Phi) is 4.25. The highest BCUT2D eigenvalue weighted by molar-refractivity contribution is 5.47. The molecular weight excluding hydrogens is 224 g/mol. The largest absolute Gasteiger partial charge is 0.352 e. The summed E-state index contributed by atoms with van der Waals surface area (Å²) in [5.41, 5.74) is 8.06. The standard InChI is InChI=1S/C14H18N4/c1-2-18(11-12-5-8-16-9-6-12)14-13(10-15)4-3-7-17-14/h3-9H,2,10-11,15H2,1H3. The molecule has 2 rings (SSSR count). The van der Waals surface area contributed by atoms with Crippen LogP contribution in [-0.2, 0) is 13.1 Å². The SMILES string of the molecule is CCN(Cc1ccncc1)c1ncccc1CN. The van der Waals surface area contributed by atoms with Crippen molar-refractivity contribution < 1.29 is 0 Å². The van der Waals surface area contributed by atoms with Gasteiger partial charge in [0.1, 0.15) is 5.82 Å². The number of nitrogens with zero attached hydrogens (tertiary/aromatic N) is 3. The number of hydrogen-bond donors (Lipinski definition) is 1. The van der Waals surface area contributed by atoms with Crippen molar-refractivity contribution in [2.45, 2.75) is 20.0 Å². The molecule has 2 aromatic rings. The molecule has 0 bridgehead atoms. The molecule has 18 heavy (non-hydrogen) atoms. The number of nitrogens with two attached hydrogens (primary N) is 1. The highest BCUT2D eigenvalue weighted by Crippen LogP contribution is 2.18. The van der Waals surface area contributed by atoms with Crippen LogP contribution in [0.2, 0.25) is 0 Å². The molecule has 2 aromatic heterocycles. The van der Waals surface area contributed by atoms with E-state index in [1.54, 1.807) is 0 Å². The minimum absolute atomic E-state index is 0.510. The topological polar surface area (TPSA) is 55.0 Å². The normalized spacial score (nSPS) is 10.3. The van der Waals surface area contributed by atoms with E-state index in [0.717, 1.165) is 24.5 Å². The Morgan fingerprint density at radius 3 is 2.61 bits per heavy atom. The summed E-state index contributed by atoms with van der Waals surface area (Å²) in [7, 11) is 0. The monoisotopic (exact) mass is 242 g/mol. The van der Waals surface area contributed by atoms with Gasteiger partial charge in [-0.1, -0.05) is 6.07 Å². The summed E-state index contributed by atoms with van der Waals surface area (Å²) < 4.78 is 0. The lowest BCUT2D eigenvalue weighted by molar-refractivity contribution is 0.800. The van der Waals surface area contributed by atoms with Crippen molar-refractivity contribution in [3.05, 3.63) is 54.0 Å². The molecule has 0 spiro atoms. The molecule has 0 aliphatic rings. The molecule has 2 heterocycles. The second-order valence-corrected chi connectivity index (χ2v) is 4.06. The molecule has 0 radical (unpaired) electrons. The van der Waals surface area contributed by atoms with E-state index in [1.165, 1.54) is 5.56 Å². The summed E-state index contributed by atoms with van der Waals surface area (Å²) in [6.45, 7) is 4.35. The maximum Gasteiger partial charge on any atom is 0.133 e. The highest BCUT2D eigenvalue weighted by atomic mass is 15.2. The van der Waals surface area contributed by atoms with Gasteiger partial charge in [-0.3, -0.25) is 4.98 Å². The van der Waals surface area contributed by atoms with Crippen molar-refractivity contribution in [2.75, 3.05) is 11.4 Å². The molecule has 4 heteroatoms. The average molecular weight is 242 g/mol. The molecule has 0 atom stereocenters. The van der Waals surface area contributed by atoms with Crippen molar-refractivity contribution in [1.82, 2.24) is 9.97 Å². The van der Waals surface area contributed by atoms with E-state index in [0.29, 0.717) is 6.54 Å². The summed E-state index contributed by atoms with van der Waals surface area (Å²) in [6, 6.07) is 7.99. The van der Waals surface area contributed by atoms with Crippen LogP contribution in [0.3, 0.4) is 0 Å². The Morgan fingerprint density at radius 2 is 1.94 bits per heavy atom. The van der Waals surface area contributed by atoms with Crippen molar-refractivity contribution in [3.63, 3.8) is 0 Å². The zero-order valence-corrected chi connectivity index (χ0v) is 10.6. The van der Waals surface area contributed by atoms with E-state index in [9.17, 15) is 0 Å². The van der Waals surface area contributed by atoms with Gasteiger partial charge in [-0.2, -0.15) is 0 Å². The molecular formula is C14H18N4. The Labute approximate surface area is 107 Å². The van der Waals surface area contributed by atoms with E-state index >= 15 is 0 Å². The van der Waals surface area contributed by atoms with Crippen LogP contribution < -0.4 is 10.6 Å². The average Bonchev–Trinajstić information content (AvgIpc) is 2.46. The van der Waals surface area contributed by atoms with Gasteiger partial charge in [0.25, 0.3) is 0 Å². The van der Waals surface area contributed by atoms with E-state index in [2.05, 4.69) is 21.8 Å². The fourth-order valence-corrected chi connectivity index (χ4v) is 1.92. The maximum atomic E-state index is 5.76. The molecule has 94 valence electrons. The fraction of sp³-hybridized carbons (Fsp3) is 0.286. The van der Waals surface area contributed by atoms with Crippen LogP contribution in [0.4, 0.5) is 5.82 Å². The number of rotatable bonds is 5. The van der Waals surface area contributed by atoms with Crippen LogP contribution in [0.5, 0.6) is 0 Å². The van der Waals surface area contributed by atoms with E-state index in [4.69, 9.17) is 5.73 Å². The molecule has 0 aliphatic carbocycles. The number of hydrogen-bond acceptors (Lipinski definition) is 4. The van der Waals surface area contributed by atoms with Gasteiger partial charge in [0.2, 0.25) is 0 Å². The second kappa shape index (κ2) is 6.12. The third-order valence-electron chi connectivity index (χ3n) is 2.89. The number of anilines is 1. The van der Waals surface area contributed by atoms with E-state index in [1.807, 2.05) is 42.9 Å². The summed E-state index contributed by atoms with van der Waals surface area (Å²) in [4.78, 5) is 10.7. The molecule has 4 nitrogen and oxygen atoms in total. The van der Waals surface area contributed by atoms with E-state index < -0.39 is 0 Å². The first-order valence-corrected chi connectivity index (χ1v) is 6.13. The predicted octanol–water partition coefficient (Wildman–Crippen LogP) is 1.96. The summed E-state index contributed by atoms with van der Waals surface area (Å²) in [5.74, 6) is 0.972. The van der Waals surface area contributed by atoms with Crippen LogP contribution in [-0.4, -0.2) is 16.5 Å². The van der Waals surface area contributed by atoms with Gasteiger partial charge in [-0.15, -0.1) is 0 Å². The van der Waals surface area contributed by atoms with Gasteiger partial charge in [-0.05, 0) is 30.7 Å². The summed E-state index contributed by atoms with van der Waals surface area (Å²) >= 11 is 0. The van der Waals surface area contributed by atoms with Gasteiger partial charge >= 0.3 is 0 Å². The molecule has 0 amide bonds. The Hall–Kier alpha value is -1.94. The summed E-state index contributed by atoms with van der Waals surface area (Å²) in [5, 5.41) is 0. The lowest BCUT2D eigenvalue weighted by atomic mass is 10.2. The summed E-state index contributed by atoms with van der Waals surface area (Å²) in [6.07, 6.45) is 5.43. The Bertz CT molecular complexity index is 484. The molecule has 0 aromatic carbocycles. The maximum absolute atomic E-state index is 5.76. The lowest BCUT2D eigenvalue weighted by Crippen LogP contribution is -2.25. The first-order chi connectivity index (χ1) is 8.85. The van der Waals surface area contributed by atoms with Crippen molar-refractivity contribution in [3.8, 4) is 0 Å². The molecule has 0 saturated heterocycles. The fourth-order valence-electron chi connectivity index (χ4n) is 1.92. The molecule has 0 aliphatic heterocycles. The number of aromatic nitrogens is 2. The van der Waals surface area contributed by atoms with Gasteiger partial charge in [0.15, 0.2) is 0 Å². The van der Waals surface area contributed by atoms with Crippen molar-refractivity contribution >= 4 is 5.82 Å². The van der Waals surface area contributed by atoms with Gasteiger partial charge in [-0.25, -0.2) is 4.98 Å². The molecule has 0 fully saturated rings. The Balaban J connectivity index is 2.23. The minimum atomic E-state index is 0.510. The first kappa shape index (κ1) is 12.5. The van der Waals surface area contributed by atoms with E-state index in [-0.39, 0.29) is 0 Å². The smallest absolute Gasteiger partial charge is 0.133 e. The molecule has 0 saturated carbocycles. The lowest BCUT2D eigenvalue weighted by Gasteiger charge is -2.24. The first-order valence-electron chi connectivity index (χ1n) is 6.13. The third-order valence-corrected chi connectivity index (χ3v) is 2.89. The van der Waals surface area contributed by atoms with Crippen LogP contribution in [0.15, 0.2) is 42.9 Å². The highest BCUT2D eigenvalue weighted by Gasteiger charge is 2.10. The Morgan fingerprint density at radius 1 is 1.17 bits per heavy atom. The van der Waals surface area contributed by atoms with Gasteiger partial charge in [0.05, 0.1) is 0 Å². The zero-order chi connectivity index (χ0) is 12.8. The third kappa shape index (κ3) is 2.84. The van der Waals surface area contributed by atoms with Crippen LogP contribution in [0.25, 0.3) is 0 Å². The van der Waals surface area contributed by atoms with Gasteiger partial charge < -0.3 is 10.6 Å². The second-order valence-electron chi connectivity index (χ2n) is 4.06. The van der Waals surface area contributed by atoms with Crippen molar-refractivity contribution in [2.24, 2.45) is 5.73 Å². The van der Waals surface area contributed by atoms with Crippen LogP contribution in [0.1, 0.15) is 18.1 Å².